The van der Waals surface area contributed by atoms with E-state index in [0.717, 1.165) is 38.2 Å². The first kappa shape index (κ1) is 28.2. The first-order chi connectivity index (χ1) is 18.7. The van der Waals surface area contributed by atoms with E-state index >= 15 is 0 Å². The van der Waals surface area contributed by atoms with E-state index in [-0.39, 0.29) is 5.69 Å². The minimum atomic E-state index is -4.64. The van der Waals surface area contributed by atoms with Crippen LogP contribution in [0.25, 0.3) is 0 Å². The number of nitrogens with one attached hydrogen (secondary N) is 2. The van der Waals surface area contributed by atoms with Gasteiger partial charge < -0.3 is 25.0 Å². The summed E-state index contributed by atoms with van der Waals surface area (Å²) in [5, 5.41) is 4.45. The van der Waals surface area contributed by atoms with Gasteiger partial charge in [-0.05, 0) is 54.6 Å². The summed E-state index contributed by atoms with van der Waals surface area (Å²) in [6.45, 7) is 4.31. The van der Waals surface area contributed by atoms with Crippen LogP contribution in [0.2, 0.25) is 5.02 Å². The van der Waals surface area contributed by atoms with Crippen LogP contribution >= 0.6 is 11.6 Å². The molecule has 1 saturated heterocycles. The summed E-state index contributed by atoms with van der Waals surface area (Å²) in [7, 11) is 0. The Morgan fingerprint density at radius 2 is 1.69 bits per heavy atom. The number of halogens is 4. The van der Waals surface area contributed by atoms with E-state index in [1.165, 1.54) is 6.07 Å². The second kappa shape index (κ2) is 12.8. The summed E-state index contributed by atoms with van der Waals surface area (Å²) in [5.41, 5.74) is -0.00488. The molecule has 12 heteroatoms. The van der Waals surface area contributed by atoms with Gasteiger partial charge in [0, 0.05) is 49.3 Å². The van der Waals surface area contributed by atoms with Gasteiger partial charge in [0.15, 0.2) is 0 Å². The fraction of sp³-hybridized carbons (Fsp3) is 0.259. The molecule has 8 nitrogen and oxygen atoms in total. The molecule has 3 aromatic rings. The normalized spacial score (nSPS) is 13.9. The van der Waals surface area contributed by atoms with Crippen molar-refractivity contribution >= 4 is 41.1 Å². The van der Waals surface area contributed by atoms with E-state index < -0.39 is 22.8 Å². The Bertz CT molecular complexity index is 1280. The molecule has 0 aliphatic carbocycles. The Morgan fingerprint density at radius 1 is 1.00 bits per heavy atom. The number of carbonyl (C=O) groups is 2. The Kier molecular flexibility index (Phi) is 9.28. The van der Waals surface area contributed by atoms with E-state index in [2.05, 4.69) is 15.5 Å². The van der Waals surface area contributed by atoms with Gasteiger partial charge in [-0.2, -0.15) is 13.2 Å². The number of morpholine rings is 1. The first-order valence-electron chi connectivity index (χ1n) is 12.1. The molecule has 0 unspecified atom stereocenters. The molecule has 4 rings (SSSR count). The second-order valence-electron chi connectivity index (χ2n) is 8.65. The van der Waals surface area contributed by atoms with Gasteiger partial charge in [-0.3, -0.25) is 9.69 Å². The molecule has 3 aromatic carbocycles. The van der Waals surface area contributed by atoms with Crippen LogP contribution in [-0.2, 0) is 15.7 Å². The van der Waals surface area contributed by atoms with E-state index in [1.54, 1.807) is 47.4 Å². The van der Waals surface area contributed by atoms with Crippen molar-refractivity contribution in [1.29, 1.82) is 0 Å². The first-order valence-corrected chi connectivity index (χ1v) is 12.4. The van der Waals surface area contributed by atoms with Crippen molar-refractivity contribution in [3.63, 3.8) is 0 Å². The van der Waals surface area contributed by atoms with Crippen molar-refractivity contribution in [3.8, 4) is 11.5 Å². The molecule has 1 heterocycles. The average molecular weight is 563 g/mol. The van der Waals surface area contributed by atoms with Crippen molar-refractivity contribution < 1.29 is 32.2 Å². The molecule has 0 bridgehead atoms. The second-order valence-corrected chi connectivity index (χ2v) is 9.06. The van der Waals surface area contributed by atoms with Crippen LogP contribution < -0.4 is 20.3 Å². The zero-order valence-corrected chi connectivity index (χ0v) is 21.5. The monoisotopic (exact) mass is 562 g/mol. The van der Waals surface area contributed by atoms with Crippen LogP contribution in [0.4, 0.5) is 35.0 Å². The minimum Gasteiger partial charge on any atom is -0.457 e. The van der Waals surface area contributed by atoms with Crippen molar-refractivity contribution in [2.45, 2.75) is 6.18 Å². The molecule has 1 aliphatic rings. The molecule has 0 aromatic heterocycles. The quantitative estimate of drug-likeness (QED) is 0.308. The number of rotatable bonds is 9. The highest BCUT2D eigenvalue weighted by atomic mass is 35.5. The predicted octanol–water partition coefficient (Wildman–Crippen LogP) is 6.09. The zero-order valence-electron chi connectivity index (χ0n) is 20.7. The third-order valence-corrected chi connectivity index (χ3v) is 6.24. The topological polar surface area (TPSA) is 83.1 Å². The smallest absolute Gasteiger partial charge is 0.417 e. The van der Waals surface area contributed by atoms with E-state index in [0.29, 0.717) is 42.6 Å². The lowest BCUT2D eigenvalue weighted by atomic mass is 10.2. The zero-order chi connectivity index (χ0) is 27.8. The average Bonchev–Trinajstić information content (AvgIpc) is 2.91. The number of amides is 3. The van der Waals surface area contributed by atoms with Gasteiger partial charge in [-0.1, -0.05) is 17.7 Å². The molecule has 1 fully saturated rings. The molecule has 3 amide bonds. The number of ether oxygens (including phenoxy) is 2. The maximum atomic E-state index is 13.0. The van der Waals surface area contributed by atoms with Gasteiger partial charge >= 0.3 is 12.2 Å². The summed E-state index contributed by atoms with van der Waals surface area (Å²) in [5.74, 6) is 1.00. The number of urea groups is 1. The summed E-state index contributed by atoms with van der Waals surface area (Å²) < 4.78 is 50.4. The minimum absolute atomic E-state index is 0.0571. The van der Waals surface area contributed by atoms with Crippen molar-refractivity contribution in [3.05, 3.63) is 77.3 Å². The third kappa shape index (κ3) is 8.09. The summed E-state index contributed by atoms with van der Waals surface area (Å²) >= 11 is 5.61. The third-order valence-electron chi connectivity index (χ3n) is 5.91. The number of benzene rings is 3. The predicted molar refractivity (Wildman–Crippen MR) is 143 cm³/mol. The molecule has 1 aliphatic heterocycles. The van der Waals surface area contributed by atoms with E-state index in [4.69, 9.17) is 21.1 Å². The van der Waals surface area contributed by atoms with Crippen molar-refractivity contribution in [1.82, 2.24) is 4.90 Å². The molecule has 206 valence electrons. The Labute approximate surface area is 228 Å². The van der Waals surface area contributed by atoms with Crippen LogP contribution in [0.5, 0.6) is 11.5 Å². The highest BCUT2D eigenvalue weighted by molar-refractivity contribution is 6.31. The lowest BCUT2D eigenvalue weighted by Gasteiger charge is -2.28. The maximum Gasteiger partial charge on any atom is 0.417 e. The number of anilines is 3. The molecular formula is C27H26ClF3N4O4. The van der Waals surface area contributed by atoms with Gasteiger partial charge in [-0.25, -0.2) is 4.79 Å². The van der Waals surface area contributed by atoms with Crippen LogP contribution in [0.1, 0.15) is 5.56 Å². The maximum absolute atomic E-state index is 13.0. The van der Waals surface area contributed by atoms with Crippen LogP contribution in [-0.4, -0.2) is 56.7 Å². The fourth-order valence-corrected chi connectivity index (χ4v) is 4.12. The Morgan fingerprint density at radius 3 is 2.38 bits per heavy atom. The number of hydrogen-bond donors (Lipinski definition) is 2. The van der Waals surface area contributed by atoms with Gasteiger partial charge in [0.2, 0.25) is 6.41 Å². The highest BCUT2D eigenvalue weighted by Gasteiger charge is 2.33. The van der Waals surface area contributed by atoms with Crippen molar-refractivity contribution in [2.75, 3.05) is 54.9 Å². The molecule has 0 radical (unpaired) electrons. The highest BCUT2D eigenvalue weighted by Crippen LogP contribution is 2.36. The molecule has 2 N–H and O–H groups in total. The number of hydrogen-bond acceptors (Lipinski definition) is 5. The van der Waals surface area contributed by atoms with E-state index in [1.807, 2.05) is 6.07 Å². The lowest BCUT2D eigenvalue weighted by molar-refractivity contribution is -0.137. The van der Waals surface area contributed by atoms with Crippen LogP contribution in [0.3, 0.4) is 0 Å². The summed E-state index contributed by atoms with van der Waals surface area (Å²) in [6.07, 6.45) is -3.85. The van der Waals surface area contributed by atoms with Crippen LogP contribution in [0.15, 0.2) is 66.7 Å². The summed E-state index contributed by atoms with van der Waals surface area (Å²) in [4.78, 5) is 27.8. The Hall–Kier alpha value is -3.80. The molecule has 39 heavy (non-hydrogen) atoms. The van der Waals surface area contributed by atoms with Gasteiger partial charge in [0.25, 0.3) is 0 Å². The standard InChI is InChI=1S/C27H26ClF3N4O4/c28-25-9-6-20(16-24(25)27(29,30)31)33-26(37)32-19-4-7-22(8-5-19)39-23-3-1-2-21(17-23)35(18-36)11-10-34-12-14-38-15-13-34/h1-9,16-18H,10-15H2,(H2,32,33,37). The number of nitrogens with zero attached hydrogens (tertiary/aromatic N) is 2. The number of carbonyl (C=O) groups excluding carboxylic acids is 2. The van der Waals surface area contributed by atoms with Crippen LogP contribution in [0, 0.1) is 0 Å². The molecule has 0 atom stereocenters. The van der Waals surface area contributed by atoms with Crippen molar-refractivity contribution in [2.24, 2.45) is 0 Å². The lowest BCUT2D eigenvalue weighted by Crippen LogP contribution is -2.41. The van der Waals surface area contributed by atoms with E-state index in [9.17, 15) is 22.8 Å². The van der Waals surface area contributed by atoms with Gasteiger partial charge in [0.1, 0.15) is 11.5 Å². The molecule has 0 spiro atoms. The largest absolute Gasteiger partial charge is 0.457 e. The molecule has 0 saturated carbocycles. The fourth-order valence-electron chi connectivity index (χ4n) is 3.90. The molecular weight excluding hydrogens is 537 g/mol. The number of alkyl halides is 3. The Balaban J connectivity index is 1.33. The van der Waals surface area contributed by atoms with Gasteiger partial charge in [0.05, 0.1) is 23.8 Å². The summed E-state index contributed by atoms with van der Waals surface area (Å²) in [6, 6.07) is 15.9. The SMILES string of the molecule is O=CN(CCN1CCOCC1)c1cccc(Oc2ccc(NC(=O)Nc3ccc(Cl)c(C(F)(F)F)c3)cc2)c1. The van der Waals surface area contributed by atoms with Gasteiger partial charge in [-0.15, -0.1) is 0 Å².